The van der Waals surface area contributed by atoms with Crippen molar-refractivity contribution in [3.8, 4) is 0 Å². The van der Waals surface area contributed by atoms with Gasteiger partial charge >= 0.3 is 0 Å². The Balaban J connectivity index is 1.79. The van der Waals surface area contributed by atoms with E-state index >= 15 is 0 Å². The first kappa shape index (κ1) is 18.2. The molecule has 3 rings (SSSR count). The molecule has 132 valence electrons. The molecule has 0 spiro atoms. The number of halogens is 2. The standard InChI is InChI=1S/C17H15ClFNO3S2/c18-12-1-6-16(24-14-4-2-13(19)3-5-14)15(9-12)20-17(21)11-7-8-25(22,23)10-11/h1-6,9,11H,7-8,10H2,(H,20,21). The van der Waals surface area contributed by atoms with E-state index in [1.165, 1.54) is 23.9 Å². The number of anilines is 1. The van der Waals surface area contributed by atoms with E-state index in [0.717, 1.165) is 9.79 Å². The number of benzene rings is 2. The topological polar surface area (TPSA) is 63.2 Å². The van der Waals surface area contributed by atoms with E-state index < -0.39 is 15.8 Å². The molecule has 0 radical (unpaired) electrons. The summed E-state index contributed by atoms with van der Waals surface area (Å²) >= 11 is 7.38. The molecular weight excluding hydrogens is 385 g/mol. The minimum Gasteiger partial charge on any atom is -0.325 e. The maximum absolute atomic E-state index is 13.0. The fourth-order valence-corrected chi connectivity index (χ4v) is 5.35. The van der Waals surface area contributed by atoms with E-state index in [1.54, 1.807) is 30.3 Å². The van der Waals surface area contributed by atoms with Crippen molar-refractivity contribution in [1.82, 2.24) is 0 Å². The first-order valence-corrected chi connectivity index (χ1v) is 10.6. The van der Waals surface area contributed by atoms with Crippen LogP contribution in [0.1, 0.15) is 6.42 Å². The summed E-state index contributed by atoms with van der Waals surface area (Å²) in [6.45, 7) is 0. The highest BCUT2D eigenvalue weighted by molar-refractivity contribution is 7.99. The van der Waals surface area contributed by atoms with E-state index in [1.807, 2.05) is 0 Å². The van der Waals surface area contributed by atoms with Gasteiger partial charge in [-0.05, 0) is 48.9 Å². The summed E-state index contributed by atoms with van der Waals surface area (Å²) in [5, 5.41) is 3.24. The van der Waals surface area contributed by atoms with Crippen molar-refractivity contribution >= 4 is 44.8 Å². The second-order valence-corrected chi connectivity index (χ2v) is 9.57. The van der Waals surface area contributed by atoms with Gasteiger partial charge < -0.3 is 5.32 Å². The normalized spacial score (nSPS) is 18.9. The van der Waals surface area contributed by atoms with Crippen LogP contribution in [0.2, 0.25) is 5.02 Å². The van der Waals surface area contributed by atoms with E-state index in [4.69, 9.17) is 11.6 Å². The predicted octanol–water partition coefficient (Wildman–Crippen LogP) is 4.00. The molecule has 2 aromatic carbocycles. The maximum Gasteiger partial charge on any atom is 0.228 e. The first-order valence-electron chi connectivity index (χ1n) is 7.57. The summed E-state index contributed by atoms with van der Waals surface area (Å²) in [5.41, 5.74) is 0.510. The molecule has 1 fully saturated rings. The first-order chi connectivity index (χ1) is 11.8. The molecule has 1 unspecified atom stereocenters. The largest absolute Gasteiger partial charge is 0.325 e. The Morgan fingerprint density at radius 3 is 2.56 bits per heavy atom. The Labute approximate surface area is 154 Å². The van der Waals surface area contributed by atoms with Crippen molar-refractivity contribution in [2.45, 2.75) is 16.2 Å². The van der Waals surface area contributed by atoms with Crippen LogP contribution in [0.3, 0.4) is 0 Å². The van der Waals surface area contributed by atoms with Gasteiger partial charge in [0.2, 0.25) is 5.91 Å². The highest BCUT2D eigenvalue weighted by Gasteiger charge is 2.33. The molecule has 1 aliphatic rings. The van der Waals surface area contributed by atoms with Crippen molar-refractivity contribution < 1.29 is 17.6 Å². The molecule has 8 heteroatoms. The Morgan fingerprint density at radius 2 is 1.92 bits per heavy atom. The molecule has 0 bridgehead atoms. The molecular formula is C17H15ClFNO3S2. The molecule has 1 N–H and O–H groups in total. The van der Waals surface area contributed by atoms with Gasteiger partial charge in [-0.25, -0.2) is 12.8 Å². The van der Waals surface area contributed by atoms with Gasteiger partial charge in [0, 0.05) is 14.8 Å². The van der Waals surface area contributed by atoms with Gasteiger partial charge in [0.05, 0.1) is 23.1 Å². The third kappa shape index (κ3) is 4.74. The third-order valence-electron chi connectivity index (χ3n) is 3.84. The van der Waals surface area contributed by atoms with Gasteiger partial charge in [0.1, 0.15) is 5.82 Å². The molecule has 1 aliphatic heterocycles. The van der Waals surface area contributed by atoms with Crippen LogP contribution in [0.25, 0.3) is 0 Å². The van der Waals surface area contributed by atoms with E-state index in [0.29, 0.717) is 17.1 Å². The van der Waals surface area contributed by atoms with Gasteiger partial charge in [-0.3, -0.25) is 4.79 Å². The predicted molar refractivity (Wildman–Crippen MR) is 97.4 cm³/mol. The monoisotopic (exact) mass is 399 g/mol. The molecule has 4 nitrogen and oxygen atoms in total. The van der Waals surface area contributed by atoms with Crippen LogP contribution in [0, 0.1) is 11.7 Å². The van der Waals surface area contributed by atoms with Crippen LogP contribution in [-0.2, 0) is 14.6 Å². The molecule has 2 aromatic rings. The smallest absolute Gasteiger partial charge is 0.228 e. The lowest BCUT2D eigenvalue weighted by Crippen LogP contribution is -2.24. The summed E-state index contributed by atoms with van der Waals surface area (Å²) in [4.78, 5) is 13.9. The Kier molecular flexibility index (Phi) is 5.36. The lowest BCUT2D eigenvalue weighted by atomic mass is 10.1. The average Bonchev–Trinajstić information content (AvgIpc) is 2.92. The number of amides is 1. The molecule has 0 aliphatic carbocycles. The van der Waals surface area contributed by atoms with Crippen LogP contribution < -0.4 is 5.32 Å². The molecule has 25 heavy (non-hydrogen) atoms. The van der Waals surface area contributed by atoms with Gasteiger partial charge in [0.25, 0.3) is 0 Å². The molecule has 1 amide bonds. The maximum atomic E-state index is 13.0. The number of hydrogen-bond acceptors (Lipinski definition) is 4. The number of carbonyl (C=O) groups excluding carboxylic acids is 1. The molecule has 1 saturated heterocycles. The minimum atomic E-state index is -3.13. The van der Waals surface area contributed by atoms with Crippen molar-refractivity contribution in [1.29, 1.82) is 0 Å². The van der Waals surface area contributed by atoms with Crippen molar-refractivity contribution in [2.75, 3.05) is 16.8 Å². The Hall–Kier alpha value is -1.57. The fourth-order valence-electron chi connectivity index (χ4n) is 2.56. The van der Waals surface area contributed by atoms with Crippen LogP contribution in [0.5, 0.6) is 0 Å². The Morgan fingerprint density at radius 1 is 1.20 bits per heavy atom. The van der Waals surface area contributed by atoms with Gasteiger partial charge in [-0.15, -0.1) is 0 Å². The molecule has 0 aromatic heterocycles. The minimum absolute atomic E-state index is 0.0395. The third-order valence-corrected chi connectivity index (χ3v) is 6.93. The van der Waals surface area contributed by atoms with Crippen molar-refractivity contribution in [3.63, 3.8) is 0 Å². The van der Waals surface area contributed by atoms with Crippen LogP contribution in [0.4, 0.5) is 10.1 Å². The lowest BCUT2D eigenvalue weighted by molar-refractivity contribution is -0.119. The second-order valence-electron chi connectivity index (χ2n) is 5.79. The van der Waals surface area contributed by atoms with Crippen molar-refractivity contribution in [2.24, 2.45) is 5.92 Å². The summed E-state index contributed by atoms with van der Waals surface area (Å²) in [6.07, 6.45) is 0.329. The highest BCUT2D eigenvalue weighted by Crippen LogP contribution is 2.35. The zero-order valence-corrected chi connectivity index (χ0v) is 15.4. The number of nitrogens with one attached hydrogen (secondary N) is 1. The second kappa shape index (κ2) is 7.35. The van der Waals surface area contributed by atoms with E-state index in [-0.39, 0.29) is 23.2 Å². The molecule has 1 heterocycles. The van der Waals surface area contributed by atoms with Crippen LogP contribution >= 0.6 is 23.4 Å². The van der Waals surface area contributed by atoms with Gasteiger partial charge in [-0.2, -0.15) is 0 Å². The fraction of sp³-hybridized carbons (Fsp3) is 0.235. The van der Waals surface area contributed by atoms with E-state index in [2.05, 4.69) is 5.32 Å². The number of hydrogen-bond donors (Lipinski definition) is 1. The van der Waals surface area contributed by atoms with E-state index in [9.17, 15) is 17.6 Å². The zero-order chi connectivity index (χ0) is 18.0. The lowest BCUT2D eigenvalue weighted by Gasteiger charge is -2.14. The summed E-state index contributed by atoms with van der Waals surface area (Å²) in [6, 6.07) is 11.1. The number of rotatable bonds is 4. The van der Waals surface area contributed by atoms with Crippen LogP contribution in [-0.4, -0.2) is 25.8 Å². The van der Waals surface area contributed by atoms with Gasteiger partial charge in [-0.1, -0.05) is 23.4 Å². The molecule has 1 atom stereocenters. The number of sulfone groups is 1. The molecule has 0 saturated carbocycles. The summed E-state index contributed by atoms with van der Waals surface area (Å²) < 4.78 is 36.1. The highest BCUT2D eigenvalue weighted by atomic mass is 35.5. The number of carbonyl (C=O) groups is 1. The summed E-state index contributed by atoms with van der Waals surface area (Å²) in [5.74, 6) is -1.29. The quantitative estimate of drug-likeness (QED) is 0.843. The zero-order valence-electron chi connectivity index (χ0n) is 13.0. The van der Waals surface area contributed by atoms with Gasteiger partial charge in [0.15, 0.2) is 9.84 Å². The van der Waals surface area contributed by atoms with Crippen molar-refractivity contribution in [3.05, 3.63) is 53.3 Å². The summed E-state index contributed by atoms with van der Waals surface area (Å²) in [7, 11) is -3.13. The SMILES string of the molecule is O=C(Nc1cc(Cl)ccc1Sc1ccc(F)cc1)C1CCS(=O)(=O)C1. The van der Waals surface area contributed by atoms with Crippen LogP contribution in [0.15, 0.2) is 52.3 Å². The average molecular weight is 400 g/mol. The Bertz CT molecular complexity index is 901.